The van der Waals surface area contributed by atoms with Gasteiger partial charge in [0.1, 0.15) is 0 Å². The van der Waals surface area contributed by atoms with Crippen LogP contribution >= 0.6 is 11.6 Å². The first-order valence-electron chi connectivity index (χ1n) is 1.74. The molecule has 0 saturated carbocycles. The van der Waals surface area contributed by atoms with E-state index in [2.05, 4.69) is 16.2 Å². The molecule has 9 heavy (non-hydrogen) atoms. The number of halogens is 2. The Balaban J connectivity index is 0. The molecule has 5 heteroatoms. The Kier molecular flexibility index (Phi) is 8.37. The fourth-order valence-electron chi connectivity index (χ4n) is 0.252. The third-order valence-corrected chi connectivity index (χ3v) is 0.668. The molecule has 45 valence electrons. The molecule has 1 aliphatic heterocycles. The summed E-state index contributed by atoms with van der Waals surface area (Å²) in [6, 6.07) is 0. The van der Waals surface area contributed by atoms with Crippen LogP contribution in [0.1, 0.15) is 0 Å². The van der Waals surface area contributed by atoms with Gasteiger partial charge in [-0.05, 0) is 0 Å². The standard InChI is InChI=1S/C4H2ClN2.ClH.Zn/c5-4-3-6-1-2-7-4;;/h1-2H;1H;/p-1. The van der Waals surface area contributed by atoms with Gasteiger partial charge < -0.3 is 12.4 Å². The minimum Gasteiger partial charge on any atom is -1.00 e. The van der Waals surface area contributed by atoms with Gasteiger partial charge in [-0.3, -0.25) is 0 Å². The van der Waals surface area contributed by atoms with E-state index in [0.29, 0.717) is 5.16 Å². The molecular formula is C4H2Cl2N2Zn-. The topological polar surface area (TPSA) is 26.5 Å². The van der Waals surface area contributed by atoms with Crippen molar-refractivity contribution in [2.24, 2.45) is 4.99 Å². The first-order chi connectivity index (χ1) is 3.39. The molecule has 0 bridgehead atoms. The van der Waals surface area contributed by atoms with Crippen LogP contribution in [0, 0.1) is 0 Å². The molecule has 0 fully saturated rings. The van der Waals surface area contributed by atoms with Crippen LogP contribution in [0.5, 0.6) is 0 Å². The summed E-state index contributed by atoms with van der Waals surface area (Å²) < 4.78 is 0. The summed E-state index contributed by atoms with van der Waals surface area (Å²) in [5.74, 6) is 2.44. The second kappa shape index (κ2) is 6.32. The fraction of sp³-hybridized carbons (Fsp3) is 0. The van der Waals surface area contributed by atoms with Crippen molar-refractivity contribution in [2.75, 3.05) is 0 Å². The SMILES string of the molecule is ClC1=C=NC=C[N]1.[Cl-].[Zn]. The molecule has 0 N–H and O–H groups in total. The van der Waals surface area contributed by atoms with Crippen molar-refractivity contribution < 1.29 is 31.9 Å². The van der Waals surface area contributed by atoms with Gasteiger partial charge in [0, 0.05) is 31.5 Å². The maximum absolute atomic E-state index is 5.31. The van der Waals surface area contributed by atoms with Crippen LogP contribution in [-0.2, 0) is 19.5 Å². The molecule has 0 aromatic heterocycles. The quantitative estimate of drug-likeness (QED) is 0.324. The molecule has 0 amide bonds. The average molecular weight is 214 g/mol. The molecule has 0 aromatic rings. The Labute approximate surface area is 77.2 Å². The van der Waals surface area contributed by atoms with Crippen molar-refractivity contribution in [1.82, 2.24) is 5.32 Å². The van der Waals surface area contributed by atoms with E-state index in [1.807, 2.05) is 0 Å². The molecule has 0 saturated heterocycles. The molecule has 0 spiro atoms. The Morgan fingerprint density at radius 3 is 2.33 bits per heavy atom. The van der Waals surface area contributed by atoms with Crippen LogP contribution in [0.4, 0.5) is 0 Å². The van der Waals surface area contributed by atoms with Crippen LogP contribution in [-0.4, -0.2) is 5.87 Å². The van der Waals surface area contributed by atoms with Crippen LogP contribution in [0.25, 0.3) is 0 Å². The summed E-state index contributed by atoms with van der Waals surface area (Å²) in [6.45, 7) is 0. The summed E-state index contributed by atoms with van der Waals surface area (Å²) in [4.78, 5) is 3.56. The maximum atomic E-state index is 5.31. The zero-order chi connectivity index (χ0) is 5.11. The van der Waals surface area contributed by atoms with Crippen molar-refractivity contribution in [1.29, 1.82) is 0 Å². The molecule has 0 aliphatic carbocycles. The van der Waals surface area contributed by atoms with E-state index >= 15 is 0 Å². The number of aliphatic imine (C=N–C) groups is 1. The zero-order valence-corrected chi connectivity index (χ0v) is 8.99. The van der Waals surface area contributed by atoms with E-state index in [1.165, 1.54) is 12.4 Å². The van der Waals surface area contributed by atoms with Gasteiger partial charge in [-0.2, -0.15) is 0 Å². The molecule has 1 rings (SSSR count). The van der Waals surface area contributed by atoms with E-state index in [4.69, 9.17) is 11.6 Å². The monoisotopic (exact) mass is 212 g/mol. The van der Waals surface area contributed by atoms with Gasteiger partial charge in [-0.1, -0.05) is 11.6 Å². The van der Waals surface area contributed by atoms with Gasteiger partial charge in [-0.25, -0.2) is 10.3 Å². The minimum atomic E-state index is 0. The van der Waals surface area contributed by atoms with Crippen LogP contribution in [0.3, 0.4) is 0 Å². The summed E-state index contributed by atoms with van der Waals surface area (Å²) in [5.41, 5.74) is 0. The van der Waals surface area contributed by atoms with Crippen molar-refractivity contribution in [3.63, 3.8) is 0 Å². The summed E-state index contributed by atoms with van der Waals surface area (Å²) in [5, 5.41) is 3.93. The second-order valence-electron chi connectivity index (χ2n) is 0.959. The third kappa shape index (κ3) is 4.68. The molecule has 1 heterocycles. The van der Waals surface area contributed by atoms with E-state index in [-0.39, 0.29) is 31.9 Å². The van der Waals surface area contributed by atoms with Gasteiger partial charge in [0.25, 0.3) is 0 Å². The van der Waals surface area contributed by atoms with Gasteiger partial charge in [0.05, 0.1) is 6.20 Å². The van der Waals surface area contributed by atoms with Gasteiger partial charge >= 0.3 is 0 Å². The normalized spacial score (nSPS) is 12.3. The van der Waals surface area contributed by atoms with Crippen molar-refractivity contribution in [3.8, 4) is 0 Å². The first kappa shape index (κ1) is 11.9. The molecule has 1 radical (unpaired) electrons. The predicted molar refractivity (Wildman–Crippen MR) is 28.1 cm³/mol. The van der Waals surface area contributed by atoms with Gasteiger partial charge in [0.2, 0.25) is 0 Å². The number of nitrogens with zero attached hydrogens (tertiary/aromatic N) is 2. The first-order valence-corrected chi connectivity index (χ1v) is 2.11. The van der Waals surface area contributed by atoms with Crippen molar-refractivity contribution in [3.05, 3.63) is 17.6 Å². The summed E-state index contributed by atoms with van der Waals surface area (Å²) in [6.07, 6.45) is 3.03. The smallest absolute Gasteiger partial charge is 0.191 e. The molecule has 0 aromatic carbocycles. The van der Waals surface area contributed by atoms with E-state index in [9.17, 15) is 0 Å². The molecule has 0 atom stereocenters. The predicted octanol–water partition coefficient (Wildman–Crippen LogP) is -2.17. The van der Waals surface area contributed by atoms with Crippen LogP contribution < -0.4 is 17.7 Å². The fourth-order valence-corrected chi connectivity index (χ4v) is 0.357. The zero-order valence-electron chi connectivity index (χ0n) is 4.51. The average Bonchev–Trinajstić information content (AvgIpc) is 1.69. The Bertz CT molecular complexity index is 160. The summed E-state index contributed by atoms with van der Waals surface area (Å²) >= 11 is 5.31. The largest absolute Gasteiger partial charge is 1.00 e. The molecule has 2 nitrogen and oxygen atoms in total. The van der Waals surface area contributed by atoms with Crippen molar-refractivity contribution >= 4 is 17.5 Å². The van der Waals surface area contributed by atoms with Crippen LogP contribution in [0.2, 0.25) is 0 Å². The Hall–Kier alpha value is 0.193. The van der Waals surface area contributed by atoms with Crippen molar-refractivity contribution in [2.45, 2.75) is 0 Å². The Morgan fingerprint density at radius 1 is 1.44 bits per heavy atom. The van der Waals surface area contributed by atoms with Gasteiger partial charge in [-0.15, -0.1) is 0 Å². The summed E-state index contributed by atoms with van der Waals surface area (Å²) in [7, 11) is 0. The van der Waals surface area contributed by atoms with E-state index in [1.54, 1.807) is 0 Å². The minimum absolute atomic E-state index is 0. The van der Waals surface area contributed by atoms with E-state index in [0.717, 1.165) is 0 Å². The maximum Gasteiger partial charge on any atom is 0.191 e. The number of hydrogen-bond acceptors (Lipinski definition) is 1. The molecule has 0 unspecified atom stereocenters. The Morgan fingerprint density at radius 2 is 2.11 bits per heavy atom. The second-order valence-corrected chi connectivity index (χ2v) is 1.32. The molecule has 1 aliphatic rings. The van der Waals surface area contributed by atoms with Crippen LogP contribution in [0.15, 0.2) is 22.5 Å². The molecular weight excluding hydrogens is 212 g/mol. The van der Waals surface area contributed by atoms with E-state index < -0.39 is 0 Å². The number of hydrogen-bond donors (Lipinski definition) is 0. The van der Waals surface area contributed by atoms with Gasteiger partial charge in [0.15, 0.2) is 5.16 Å². The third-order valence-electron chi connectivity index (χ3n) is 0.486. The number of rotatable bonds is 0.